The van der Waals surface area contributed by atoms with Crippen molar-refractivity contribution in [2.24, 2.45) is 5.73 Å². The van der Waals surface area contributed by atoms with E-state index >= 15 is 0 Å². The quantitative estimate of drug-likeness (QED) is 0.175. The molecule has 0 spiro atoms. The van der Waals surface area contributed by atoms with Crippen LogP contribution >= 0.6 is 0 Å². The van der Waals surface area contributed by atoms with E-state index in [0.29, 0.717) is 19.4 Å². The molecule has 0 aromatic heterocycles. The predicted octanol–water partition coefficient (Wildman–Crippen LogP) is 6.23. The van der Waals surface area contributed by atoms with Gasteiger partial charge < -0.3 is 11.1 Å². The minimum Gasteiger partial charge on any atom is -0.346 e. The number of unbranched alkanes of at least 4 members (excludes halogenated alkanes) is 12. The van der Waals surface area contributed by atoms with Gasteiger partial charge in [0.1, 0.15) is 0 Å². The molecule has 4 heteroatoms. The maximum atomic E-state index is 12.0. The summed E-state index contributed by atoms with van der Waals surface area (Å²) in [5.41, 5.74) is 5.49. The first kappa shape index (κ1) is 27.8. The third kappa shape index (κ3) is 19.9. The first-order valence-electron chi connectivity index (χ1n) is 12.3. The van der Waals surface area contributed by atoms with Crippen LogP contribution in [-0.4, -0.2) is 24.3 Å². The molecule has 29 heavy (non-hydrogen) atoms. The van der Waals surface area contributed by atoms with Gasteiger partial charge in [0.05, 0.1) is 6.04 Å². The lowest BCUT2D eigenvalue weighted by molar-refractivity contribution is -0.127. The summed E-state index contributed by atoms with van der Waals surface area (Å²) in [5, 5.41) is 2.89. The highest BCUT2D eigenvalue weighted by atomic mass is 16.2. The summed E-state index contributed by atoms with van der Waals surface area (Å²) in [4.78, 5) is 23.7. The molecule has 0 bridgehead atoms. The van der Waals surface area contributed by atoms with Gasteiger partial charge in [-0.25, -0.2) is 0 Å². The van der Waals surface area contributed by atoms with Crippen molar-refractivity contribution in [3.8, 4) is 0 Å². The number of allylic oxidation sites excluding steroid dienone is 2. The predicted molar refractivity (Wildman–Crippen MR) is 125 cm³/mol. The summed E-state index contributed by atoms with van der Waals surface area (Å²) < 4.78 is 0. The largest absolute Gasteiger partial charge is 0.346 e. The summed E-state index contributed by atoms with van der Waals surface area (Å²) in [6, 6.07) is -0.336. The standard InChI is InChI=1S/C25H48N2O2/c1-3-4-5-6-7-8-9-10-11-12-13-14-15-16-17-21-25(29)27-24(23(2)28)20-18-19-22-26/h10-11,24H,3-9,12-22,26H2,1-2H3,(H,27,29)/b11-10-/t24-/m0/s1. The number of carbonyl (C=O) groups is 2. The number of hydrogen-bond donors (Lipinski definition) is 2. The molecule has 1 amide bonds. The van der Waals surface area contributed by atoms with Crippen molar-refractivity contribution in [1.82, 2.24) is 5.32 Å². The van der Waals surface area contributed by atoms with Gasteiger partial charge in [0.15, 0.2) is 5.78 Å². The van der Waals surface area contributed by atoms with Gasteiger partial charge in [-0.3, -0.25) is 9.59 Å². The van der Waals surface area contributed by atoms with Crippen LogP contribution in [0, 0.1) is 0 Å². The van der Waals surface area contributed by atoms with E-state index in [4.69, 9.17) is 5.73 Å². The molecule has 0 radical (unpaired) electrons. The fraction of sp³-hybridized carbons (Fsp3) is 0.840. The number of rotatable bonds is 21. The highest BCUT2D eigenvalue weighted by Crippen LogP contribution is 2.10. The van der Waals surface area contributed by atoms with Crippen molar-refractivity contribution in [3.05, 3.63) is 12.2 Å². The number of nitrogens with one attached hydrogen (secondary N) is 1. The molecule has 0 unspecified atom stereocenters. The van der Waals surface area contributed by atoms with E-state index in [0.717, 1.165) is 25.7 Å². The summed E-state index contributed by atoms with van der Waals surface area (Å²) in [7, 11) is 0. The van der Waals surface area contributed by atoms with E-state index in [2.05, 4.69) is 24.4 Å². The van der Waals surface area contributed by atoms with Gasteiger partial charge >= 0.3 is 0 Å². The highest BCUT2D eigenvalue weighted by Gasteiger charge is 2.16. The monoisotopic (exact) mass is 408 g/mol. The average molecular weight is 409 g/mol. The minimum absolute atomic E-state index is 0.00979. The Hall–Kier alpha value is -1.16. The van der Waals surface area contributed by atoms with Crippen LogP contribution in [-0.2, 0) is 9.59 Å². The van der Waals surface area contributed by atoms with E-state index in [1.807, 2.05) is 0 Å². The molecule has 4 nitrogen and oxygen atoms in total. The van der Waals surface area contributed by atoms with Crippen LogP contribution in [0.1, 0.15) is 123 Å². The molecule has 0 heterocycles. The van der Waals surface area contributed by atoms with Crippen LogP contribution in [0.5, 0.6) is 0 Å². The zero-order valence-electron chi connectivity index (χ0n) is 19.4. The molecule has 0 aromatic carbocycles. The van der Waals surface area contributed by atoms with Crippen molar-refractivity contribution < 1.29 is 9.59 Å². The summed E-state index contributed by atoms with van der Waals surface area (Å²) >= 11 is 0. The summed E-state index contributed by atoms with van der Waals surface area (Å²) in [6.45, 7) is 4.44. The average Bonchev–Trinajstić information content (AvgIpc) is 2.70. The molecular weight excluding hydrogens is 360 g/mol. The van der Waals surface area contributed by atoms with Gasteiger partial charge in [0.2, 0.25) is 5.91 Å². The lowest BCUT2D eigenvalue weighted by Crippen LogP contribution is -2.39. The van der Waals surface area contributed by atoms with Crippen molar-refractivity contribution in [1.29, 1.82) is 0 Å². The molecule has 0 saturated heterocycles. The van der Waals surface area contributed by atoms with E-state index in [1.54, 1.807) is 6.92 Å². The first-order chi connectivity index (χ1) is 14.1. The highest BCUT2D eigenvalue weighted by molar-refractivity contribution is 5.87. The van der Waals surface area contributed by atoms with E-state index in [-0.39, 0.29) is 17.7 Å². The number of ketones is 1. The summed E-state index contributed by atoms with van der Waals surface area (Å²) in [6.07, 6.45) is 24.0. The van der Waals surface area contributed by atoms with Crippen molar-refractivity contribution in [2.45, 2.75) is 129 Å². The van der Waals surface area contributed by atoms with Crippen LogP contribution in [0.4, 0.5) is 0 Å². The normalized spacial score (nSPS) is 12.4. The lowest BCUT2D eigenvalue weighted by atomic mass is 10.0. The molecule has 0 aromatic rings. The maximum Gasteiger partial charge on any atom is 0.220 e. The second kappa shape index (κ2) is 21.5. The Morgan fingerprint density at radius 2 is 1.34 bits per heavy atom. The molecular formula is C25H48N2O2. The zero-order valence-corrected chi connectivity index (χ0v) is 19.4. The molecule has 170 valence electrons. The smallest absolute Gasteiger partial charge is 0.220 e. The number of hydrogen-bond acceptors (Lipinski definition) is 3. The maximum absolute atomic E-state index is 12.0. The molecule has 0 aliphatic carbocycles. The van der Waals surface area contributed by atoms with Gasteiger partial charge in [-0.05, 0) is 64.8 Å². The minimum atomic E-state index is -0.336. The molecule has 3 N–H and O–H groups in total. The van der Waals surface area contributed by atoms with Gasteiger partial charge in [-0.15, -0.1) is 0 Å². The molecule has 0 rings (SSSR count). The van der Waals surface area contributed by atoms with Crippen LogP contribution in [0.25, 0.3) is 0 Å². The van der Waals surface area contributed by atoms with E-state index < -0.39 is 0 Å². The molecule has 0 fully saturated rings. The van der Waals surface area contributed by atoms with E-state index in [1.165, 1.54) is 70.6 Å². The van der Waals surface area contributed by atoms with Crippen molar-refractivity contribution in [3.63, 3.8) is 0 Å². The summed E-state index contributed by atoms with van der Waals surface area (Å²) in [5.74, 6) is 0.0514. The fourth-order valence-corrected chi connectivity index (χ4v) is 3.49. The number of carbonyl (C=O) groups excluding carboxylic acids is 2. The third-order valence-corrected chi connectivity index (χ3v) is 5.44. The Kier molecular flexibility index (Phi) is 20.7. The van der Waals surface area contributed by atoms with Gasteiger partial charge in [0, 0.05) is 6.42 Å². The Morgan fingerprint density at radius 3 is 1.90 bits per heavy atom. The van der Waals surface area contributed by atoms with Gasteiger partial charge in [0.25, 0.3) is 0 Å². The molecule has 1 atom stereocenters. The Labute approximate surface area is 180 Å². The van der Waals surface area contributed by atoms with Crippen molar-refractivity contribution in [2.75, 3.05) is 6.54 Å². The third-order valence-electron chi connectivity index (χ3n) is 5.44. The Balaban J connectivity index is 3.51. The molecule has 0 aliphatic rings. The number of Topliss-reactive ketones (excluding diaryl/α,β-unsaturated/α-hetero) is 1. The molecule has 0 saturated carbocycles. The molecule has 0 aliphatic heterocycles. The number of amides is 1. The Bertz CT molecular complexity index is 421. The van der Waals surface area contributed by atoms with Crippen LogP contribution < -0.4 is 11.1 Å². The Morgan fingerprint density at radius 1 is 0.793 bits per heavy atom. The SMILES string of the molecule is CCCCCCCC/C=C\CCCCCCCC(=O)N[C@@H](CCCCN)C(C)=O. The lowest BCUT2D eigenvalue weighted by Gasteiger charge is -2.15. The van der Waals surface area contributed by atoms with Crippen molar-refractivity contribution >= 4 is 11.7 Å². The first-order valence-corrected chi connectivity index (χ1v) is 12.3. The number of nitrogens with two attached hydrogens (primary N) is 1. The fourth-order valence-electron chi connectivity index (χ4n) is 3.49. The second-order valence-electron chi connectivity index (χ2n) is 8.35. The van der Waals surface area contributed by atoms with Crippen LogP contribution in [0.2, 0.25) is 0 Å². The van der Waals surface area contributed by atoms with Gasteiger partial charge in [-0.1, -0.05) is 70.4 Å². The topological polar surface area (TPSA) is 72.2 Å². The second-order valence-corrected chi connectivity index (χ2v) is 8.35. The van der Waals surface area contributed by atoms with Gasteiger partial charge in [-0.2, -0.15) is 0 Å². The van der Waals surface area contributed by atoms with Crippen LogP contribution in [0.3, 0.4) is 0 Å². The van der Waals surface area contributed by atoms with E-state index in [9.17, 15) is 9.59 Å². The zero-order chi connectivity index (χ0) is 21.6. The van der Waals surface area contributed by atoms with Crippen LogP contribution in [0.15, 0.2) is 12.2 Å².